The van der Waals surface area contributed by atoms with Crippen molar-refractivity contribution in [1.82, 2.24) is 0 Å². The van der Waals surface area contributed by atoms with Crippen molar-refractivity contribution in [3.63, 3.8) is 0 Å². The molecule has 0 N–H and O–H groups in total. The molecule has 4 nitrogen and oxygen atoms in total. The Morgan fingerprint density at radius 3 is 1.58 bits per heavy atom. The second kappa shape index (κ2) is 12.9. The normalized spacial score (nSPS) is 8.67. The van der Waals surface area contributed by atoms with Crippen molar-refractivity contribution >= 4 is 12.6 Å². The van der Waals surface area contributed by atoms with Gasteiger partial charge in [0.05, 0.1) is 0 Å². The van der Waals surface area contributed by atoms with Gasteiger partial charge in [0.15, 0.2) is 18.9 Å². The maximum Gasteiger partial charge on any atom is 0.182 e. The Balaban J connectivity index is 0. The SMILES string of the molecule is CCOC(C)OCC.O=CC=O. The fourth-order valence-electron chi connectivity index (χ4n) is 0.518. The third-order valence-corrected chi connectivity index (χ3v) is 0.858. The Morgan fingerprint density at radius 2 is 1.42 bits per heavy atom. The van der Waals surface area contributed by atoms with E-state index in [9.17, 15) is 0 Å². The summed E-state index contributed by atoms with van der Waals surface area (Å²) < 4.78 is 10.1. The molecule has 0 saturated heterocycles. The molecule has 12 heavy (non-hydrogen) atoms. The highest BCUT2D eigenvalue weighted by atomic mass is 16.7. The molecule has 0 amide bonds. The van der Waals surface area contributed by atoms with Crippen LogP contribution >= 0.6 is 0 Å². The van der Waals surface area contributed by atoms with E-state index in [2.05, 4.69) is 0 Å². The zero-order valence-corrected chi connectivity index (χ0v) is 7.78. The molecule has 0 aromatic carbocycles. The van der Waals surface area contributed by atoms with E-state index in [1.807, 2.05) is 20.8 Å². The lowest BCUT2D eigenvalue weighted by Crippen LogP contribution is -2.11. The molecule has 0 saturated carbocycles. The Morgan fingerprint density at radius 1 is 1.08 bits per heavy atom. The highest BCUT2D eigenvalue weighted by Gasteiger charge is 1.94. The van der Waals surface area contributed by atoms with Crippen LogP contribution in [0.4, 0.5) is 0 Å². The smallest absolute Gasteiger partial charge is 0.182 e. The number of hydrogen-bond acceptors (Lipinski definition) is 4. The van der Waals surface area contributed by atoms with Crippen LogP contribution < -0.4 is 0 Å². The van der Waals surface area contributed by atoms with Crippen LogP contribution in [0.5, 0.6) is 0 Å². The molecule has 0 aliphatic rings. The number of carbonyl (C=O) groups excluding carboxylic acids is 2. The van der Waals surface area contributed by atoms with Crippen LogP contribution in [0.15, 0.2) is 0 Å². The summed E-state index contributed by atoms with van der Waals surface area (Å²) in [5, 5.41) is 0. The van der Waals surface area contributed by atoms with Crippen molar-refractivity contribution in [3.8, 4) is 0 Å². The van der Waals surface area contributed by atoms with Crippen LogP contribution in [-0.4, -0.2) is 32.1 Å². The number of rotatable bonds is 5. The molecule has 0 fully saturated rings. The second-order valence-corrected chi connectivity index (χ2v) is 1.75. The van der Waals surface area contributed by atoms with Gasteiger partial charge in [-0.2, -0.15) is 0 Å². The van der Waals surface area contributed by atoms with Gasteiger partial charge in [0.1, 0.15) is 0 Å². The second-order valence-electron chi connectivity index (χ2n) is 1.75. The van der Waals surface area contributed by atoms with Crippen molar-refractivity contribution in [1.29, 1.82) is 0 Å². The lowest BCUT2D eigenvalue weighted by Gasteiger charge is -2.09. The number of aldehydes is 2. The summed E-state index contributed by atoms with van der Waals surface area (Å²) in [4.78, 5) is 17.6. The molecule has 0 spiro atoms. The lowest BCUT2D eigenvalue weighted by molar-refractivity contribution is -0.123. The average molecular weight is 176 g/mol. The molecule has 0 aliphatic carbocycles. The number of ether oxygens (including phenoxy) is 2. The van der Waals surface area contributed by atoms with Crippen LogP contribution in [0.25, 0.3) is 0 Å². The van der Waals surface area contributed by atoms with Gasteiger partial charge in [-0.05, 0) is 20.8 Å². The Hall–Kier alpha value is -0.740. The van der Waals surface area contributed by atoms with Crippen molar-refractivity contribution in [2.24, 2.45) is 0 Å². The number of carbonyl (C=O) groups is 2. The van der Waals surface area contributed by atoms with E-state index in [0.717, 1.165) is 13.2 Å². The van der Waals surface area contributed by atoms with Gasteiger partial charge in [-0.1, -0.05) is 0 Å². The van der Waals surface area contributed by atoms with Gasteiger partial charge in [0.2, 0.25) is 0 Å². The van der Waals surface area contributed by atoms with Crippen LogP contribution in [0.1, 0.15) is 20.8 Å². The minimum Gasteiger partial charge on any atom is -0.353 e. The van der Waals surface area contributed by atoms with Crippen molar-refractivity contribution in [3.05, 3.63) is 0 Å². The highest BCUT2D eigenvalue weighted by molar-refractivity contribution is 6.09. The summed E-state index contributed by atoms with van der Waals surface area (Å²) in [7, 11) is 0. The molecule has 72 valence electrons. The lowest BCUT2D eigenvalue weighted by atomic mass is 10.7. The summed E-state index contributed by atoms with van der Waals surface area (Å²) in [6, 6.07) is 0. The molecule has 0 aromatic rings. The minimum absolute atomic E-state index is 0.0370. The topological polar surface area (TPSA) is 52.6 Å². The zero-order valence-electron chi connectivity index (χ0n) is 7.78. The Labute approximate surface area is 72.8 Å². The van der Waals surface area contributed by atoms with E-state index in [4.69, 9.17) is 19.1 Å². The van der Waals surface area contributed by atoms with Gasteiger partial charge < -0.3 is 9.47 Å². The zero-order chi connectivity index (χ0) is 9.82. The molecule has 0 aromatic heterocycles. The summed E-state index contributed by atoms with van der Waals surface area (Å²) in [5.41, 5.74) is 0. The summed E-state index contributed by atoms with van der Waals surface area (Å²) >= 11 is 0. The maximum absolute atomic E-state index is 8.81. The van der Waals surface area contributed by atoms with Crippen LogP contribution in [0.2, 0.25) is 0 Å². The molecule has 0 atom stereocenters. The van der Waals surface area contributed by atoms with Gasteiger partial charge in [-0.25, -0.2) is 0 Å². The Bertz CT molecular complexity index is 91.2. The molecular formula is C8H16O4. The first-order chi connectivity index (χ1) is 5.72. The quantitative estimate of drug-likeness (QED) is 0.353. The molecule has 0 aliphatic heterocycles. The third kappa shape index (κ3) is 16.1. The summed E-state index contributed by atoms with van der Waals surface area (Å²) in [5.74, 6) is 0. The van der Waals surface area contributed by atoms with E-state index in [1.165, 1.54) is 0 Å². The van der Waals surface area contributed by atoms with E-state index in [1.54, 1.807) is 0 Å². The van der Waals surface area contributed by atoms with Crippen molar-refractivity contribution in [2.45, 2.75) is 27.1 Å². The first-order valence-electron chi connectivity index (χ1n) is 3.85. The van der Waals surface area contributed by atoms with E-state index in [-0.39, 0.29) is 18.9 Å². The van der Waals surface area contributed by atoms with Gasteiger partial charge >= 0.3 is 0 Å². The Kier molecular flexibility index (Phi) is 14.9. The fraction of sp³-hybridized carbons (Fsp3) is 0.750. The van der Waals surface area contributed by atoms with Gasteiger partial charge in [0, 0.05) is 13.2 Å². The highest BCUT2D eigenvalue weighted by Crippen LogP contribution is 1.90. The van der Waals surface area contributed by atoms with Gasteiger partial charge in [-0.3, -0.25) is 9.59 Å². The monoisotopic (exact) mass is 176 g/mol. The molecule has 0 radical (unpaired) electrons. The van der Waals surface area contributed by atoms with Gasteiger partial charge in [-0.15, -0.1) is 0 Å². The predicted octanol–water partition coefficient (Wildman–Crippen LogP) is 0.790. The van der Waals surface area contributed by atoms with Crippen LogP contribution in [0, 0.1) is 0 Å². The van der Waals surface area contributed by atoms with Crippen molar-refractivity contribution < 1.29 is 19.1 Å². The van der Waals surface area contributed by atoms with Crippen molar-refractivity contribution in [2.75, 3.05) is 13.2 Å². The van der Waals surface area contributed by atoms with Crippen LogP contribution in [-0.2, 0) is 19.1 Å². The van der Waals surface area contributed by atoms with Gasteiger partial charge in [0.25, 0.3) is 0 Å². The molecule has 0 heterocycles. The van der Waals surface area contributed by atoms with Crippen LogP contribution in [0.3, 0.4) is 0 Å². The minimum atomic E-state index is -0.0370. The van der Waals surface area contributed by atoms with E-state index >= 15 is 0 Å². The molecular weight excluding hydrogens is 160 g/mol. The fourth-order valence-corrected chi connectivity index (χ4v) is 0.518. The average Bonchev–Trinajstić information content (AvgIpc) is 2.06. The predicted molar refractivity (Wildman–Crippen MR) is 44.8 cm³/mol. The number of hydrogen-bond donors (Lipinski definition) is 0. The third-order valence-electron chi connectivity index (χ3n) is 0.858. The van der Waals surface area contributed by atoms with E-state index < -0.39 is 0 Å². The largest absolute Gasteiger partial charge is 0.353 e. The van der Waals surface area contributed by atoms with E-state index in [0.29, 0.717) is 0 Å². The first kappa shape index (κ1) is 13.8. The summed E-state index contributed by atoms with van der Waals surface area (Å²) in [6.45, 7) is 7.25. The summed E-state index contributed by atoms with van der Waals surface area (Å²) in [6.07, 6.45) is 0.352. The molecule has 0 unspecified atom stereocenters. The first-order valence-corrected chi connectivity index (χ1v) is 3.85. The maximum atomic E-state index is 8.81. The standard InChI is InChI=1S/C6H14O2.C2H2O2/c1-4-7-6(3)8-5-2;3-1-2-4/h6H,4-5H2,1-3H3;1-2H. The molecule has 0 rings (SSSR count). The molecule has 4 heteroatoms. The molecule has 0 bridgehead atoms.